The average molecular weight is 228 g/mol. The second-order valence-corrected chi connectivity index (χ2v) is 5.54. The van der Waals surface area contributed by atoms with Crippen molar-refractivity contribution in [3.05, 3.63) is 0 Å². The Bertz CT molecular complexity index is 196. The highest BCUT2D eigenvalue weighted by Gasteiger charge is 2.32. The molecule has 0 amide bonds. The lowest BCUT2D eigenvalue weighted by Crippen LogP contribution is -2.50. The standard InChI is InChI=1S/C13H28N2O/c1-10(2)15(6-7-16)13-8-11(3)4-5-12(13)9-14/h10-13,16H,4-9,14H2,1-3H3. The first kappa shape index (κ1) is 13.9. The highest BCUT2D eigenvalue weighted by molar-refractivity contribution is 4.87. The molecule has 0 saturated heterocycles. The van der Waals surface area contributed by atoms with E-state index >= 15 is 0 Å². The molecule has 3 heteroatoms. The molecule has 0 aromatic rings. The molecule has 0 spiro atoms. The number of hydrogen-bond donors (Lipinski definition) is 2. The first-order valence-corrected chi connectivity index (χ1v) is 6.66. The quantitative estimate of drug-likeness (QED) is 0.749. The first-order valence-electron chi connectivity index (χ1n) is 6.66. The summed E-state index contributed by atoms with van der Waals surface area (Å²) in [6.45, 7) is 8.57. The summed E-state index contributed by atoms with van der Waals surface area (Å²) in [6, 6.07) is 1.07. The van der Waals surface area contributed by atoms with Crippen LogP contribution in [-0.4, -0.2) is 41.8 Å². The zero-order valence-corrected chi connectivity index (χ0v) is 11.0. The normalized spacial score (nSPS) is 31.3. The van der Waals surface area contributed by atoms with Crippen LogP contribution in [0.2, 0.25) is 0 Å². The molecular weight excluding hydrogens is 200 g/mol. The summed E-state index contributed by atoms with van der Waals surface area (Å²) in [5.74, 6) is 1.41. The van der Waals surface area contributed by atoms with Crippen molar-refractivity contribution in [2.45, 2.75) is 52.1 Å². The molecule has 0 aromatic heterocycles. The van der Waals surface area contributed by atoms with E-state index in [1.54, 1.807) is 0 Å². The smallest absolute Gasteiger partial charge is 0.0558 e. The van der Waals surface area contributed by atoms with Gasteiger partial charge in [-0.3, -0.25) is 4.90 Å². The molecule has 96 valence electrons. The molecule has 1 fully saturated rings. The summed E-state index contributed by atoms with van der Waals surface area (Å²) in [7, 11) is 0. The fourth-order valence-electron chi connectivity index (χ4n) is 3.02. The van der Waals surface area contributed by atoms with Gasteiger partial charge >= 0.3 is 0 Å². The van der Waals surface area contributed by atoms with Gasteiger partial charge in [-0.1, -0.05) is 13.3 Å². The van der Waals surface area contributed by atoms with E-state index in [4.69, 9.17) is 10.8 Å². The van der Waals surface area contributed by atoms with Crippen molar-refractivity contribution in [3.8, 4) is 0 Å². The average Bonchev–Trinajstić information content (AvgIpc) is 2.25. The van der Waals surface area contributed by atoms with Crippen LogP contribution in [0.15, 0.2) is 0 Å². The Morgan fingerprint density at radius 3 is 2.56 bits per heavy atom. The Labute approximate surface area is 100 Å². The van der Waals surface area contributed by atoms with Crippen LogP contribution in [0.1, 0.15) is 40.0 Å². The maximum atomic E-state index is 9.17. The summed E-state index contributed by atoms with van der Waals surface area (Å²) in [4.78, 5) is 2.44. The highest BCUT2D eigenvalue weighted by Crippen LogP contribution is 2.32. The Morgan fingerprint density at radius 2 is 2.06 bits per heavy atom. The van der Waals surface area contributed by atoms with Crippen LogP contribution in [0, 0.1) is 11.8 Å². The van der Waals surface area contributed by atoms with Crippen LogP contribution in [-0.2, 0) is 0 Å². The zero-order chi connectivity index (χ0) is 12.1. The predicted octanol–water partition coefficient (Wildman–Crippen LogP) is 1.45. The zero-order valence-electron chi connectivity index (χ0n) is 11.0. The van der Waals surface area contributed by atoms with Crippen molar-refractivity contribution in [1.29, 1.82) is 0 Å². The predicted molar refractivity (Wildman–Crippen MR) is 68.3 cm³/mol. The van der Waals surface area contributed by atoms with Crippen LogP contribution < -0.4 is 5.73 Å². The van der Waals surface area contributed by atoms with Gasteiger partial charge < -0.3 is 10.8 Å². The molecule has 1 aliphatic rings. The third-order valence-electron chi connectivity index (χ3n) is 3.97. The van der Waals surface area contributed by atoms with E-state index in [-0.39, 0.29) is 6.61 Å². The fraction of sp³-hybridized carbons (Fsp3) is 1.00. The van der Waals surface area contributed by atoms with Crippen LogP contribution in [0.3, 0.4) is 0 Å². The Hall–Kier alpha value is -0.120. The van der Waals surface area contributed by atoms with Gasteiger partial charge in [0.15, 0.2) is 0 Å². The number of nitrogens with zero attached hydrogens (tertiary/aromatic N) is 1. The molecule has 16 heavy (non-hydrogen) atoms. The number of aliphatic hydroxyl groups excluding tert-OH is 1. The van der Waals surface area contributed by atoms with E-state index in [9.17, 15) is 0 Å². The summed E-state index contributed by atoms with van der Waals surface area (Å²) in [6.07, 6.45) is 3.79. The van der Waals surface area contributed by atoms with Gasteiger partial charge in [-0.05, 0) is 45.1 Å². The minimum atomic E-state index is 0.250. The van der Waals surface area contributed by atoms with E-state index in [2.05, 4.69) is 25.7 Å². The lowest BCUT2D eigenvalue weighted by molar-refractivity contribution is 0.0465. The highest BCUT2D eigenvalue weighted by atomic mass is 16.3. The van der Waals surface area contributed by atoms with E-state index in [1.165, 1.54) is 19.3 Å². The van der Waals surface area contributed by atoms with Gasteiger partial charge in [-0.15, -0.1) is 0 Å². The first-order chi connectivity index (χ1) is 7.60. The minimum Gasteiger partial charge on any atom is -0.395 e. The van der Waals surface area contributed by atoms with Crippen LogP contribution >= 0.6 is 0 Å². The molecule has 1 rings (SSSR count). The van der Waals surface area contributed by atoms with Crippen molar-refractivity contribution in [3.63, 3.8) is 0 Å². The second-order valence-electron chi connectivity index (χ2n) is 5.54. The molecule has 3 atom stereocenters. The molecule has 3 nitrogen and oxygen atoms in total. The number of rotatable bonds is 5. The van der Waals surface area contributed by atoms with E-state index < -0.39 is 0 Å². The van der Waals surface area contributed by atoms with Crippen LogP contribution in [0.4, 0.5) is 0 Å². The molecule has 0 heterocycles. The van der Waals surface area contributed by atoms with Gasteiger partial charge in [0.05, 0.1) is 6.61 Å². The molecule has 0 aromatic carbocycles. The molecular formula is C13H28N2O. The van der Waals surface area contributed by atoms with Crippen LogP contribution in [0.25, 0.3) is 0 Å². The summed E-state index contributed by atoms with van der Waals surface area (Å²) in [5, 5.41) is 9.17. The molecule has 0 aliphatic heterocycles. The summed E-state index contributed by atoms with van der Waals surface area (Å²) in [5.41, 5.74) is 5.88. The van der Waals surface area contributed by atoms with Gasteiger partial charge in [-0.2, -0.15) is 0 Å². The van der Waals surface area contributed by atoms with Gasteiger partial charge in [-0.25, -0.2) is 0 Å². The Morgan fingerprint density at radius 1 is 1.38 bits per heavy atom. The lowest BCUT2D eigenvalue weighted by Gasteiger charge is -2.43. The van der Waals surface area contributed by atoms with Crippen molar-refractivity contribution in [2.75, 3.05) is 19.7 Å². The topological polar surface area (TPSA) is 49.5 Å². The molecule has 1 saturated carbocycles. The van der Waals surface area contributed by atoms with Crippen molar-refractivity contribution >= 4 is 0 Å². The third-order valence-corrected chi connectivity index (χ3v) is 3.97. The largest absolute Gasteiger partial charge is 0.395 e. The van der Waals surface area contributed by atoms with Gasteiger partial charge in [0.25, 0.3) is 0 Å². The molecule has 0 bridgehead atoms. The molecule has 3 unspecified atom stereocenters. The maximum absolute atomic E-state index is 9.17. The SMILES string of the molecule is CC1CCC(CN)C(N(CCO)C(C)C)C1. The van der Waals surface area contributed by atoms with Crippen molar-refractivity contribution in [2.24, 2.45) is 17.6 Å². The fourth-order valence-corrected chi connectivity index (χ4v) is 3.02. The third kappa shape index (κ3) is 3.44. The monoisotopic (exact) mass is 228 g/mol. The minimum absolute atomic E-state index is 0.250. The van der Waals surface area contributed by atoms with E-state index in [0.717, 1.165) is 19.0 Å². The maximum Gasteiger partial charge on any atom is 0.0558 e. The Balaban J connectivity index is 2.69. The number of nitrogens with two attached hydrogens (primary N) is 1. The molecule has 3 N–H and O–H groups in total. The van der Waals surface area contributed by atoms with E-state index in [1.807, 2.05) is 0 Å². The summed E-state index contributed by atoms with van der Waals surface area (Å²) >= 11 is 0. The molecule has 1 aliphatic carbocycles. The van der Waals surface area contributed by atoms with Gasteiger partial charge in [0, 0.05) is 18.6 Å². The Kier molecular flexibility index (Phi) is 5.73. The second kappa shape index (κ2) is 6.58. The number of aliphatic hydroxyl groups is 1. The number of hydrogen-bond acceptors (Lipinski definition) is 3. The van der Waals surface area contributed by atoms with Crippen molar-refractivity contribution in [1.82, 2.24) is 4.90 Å². The lowest BCUT2D eigenvalue weighted by atomic mass is 9.78. The molecule has 0 radical (unpaired) electrons. The van der Waals surface area contributed by atoms with E-state index in [0.29, 0.717) is 18.0 Å². The summed E-state index contributed by atoms with van der Waals surface area (Å²) < 4.78 is 0. The van der Waals surface area contributed by atoms with Gasteiger partial charge in [0.2, 0.25) is 0 Å². The van der Waals surface area contributed by atoms with Crippen molar-refractivity contribution < 1.29 is 5.11 Å². The van der Waals surface area contributed by atoms with Gasteiger partial charge in [0.1, 0.15) is 0 Å². The van der Waals surface area contributed by atoms with Crippen LogP contribution in [0.5, 0.6) is 0 Å².